The molecule has 4 saturated heterocycles. The standard InChI is InChI=1S/2C19H30N2O5Si.C17H28N2O5Si/c2*1-9-19(11-22)14(26-27(7,8)18(4,5)6)13(3)16(25-19)21-10-12(2)15(23)20-17(21)24;1-10-8-19(15(21)18-13(10)20)14-11(2)12(17(23-14)9-22-17)24-25(6,7)16(3,4)5/h2*1,10,13-14,16,22H,11H2,2-8H3,(H,20,23,24);8,11-12,14H,9H2,1-7H3,(H,18,20,21). The predicted molar refractivity (Wildman–Crippen MR) is 308 cm³/mol. The normalized spacial score (nSPS) is 30.0. The van der Waals surface area contributed by atoms with E-state index in [1.54, 1.807) is 27.0 Å². The van der Waals surface area contributed by atoms with Gasteiger partial charge in [0.1, 0.15) is 31.4 Å². The van der Waals surface area contributed by atoms with Gasteiger partial charge in [0.15, 0.2) is 36.2 Å². The van der Waals surface area contributed by atoms with Gasteiger partial charge in [0.2, 0.25) is 5.79 Å². The summed E-state index contributed by atoms with van der Waals surface area (Å²) in [5.74, 6) is 3.64. The smallest absolute Gasteiger partial charge is 0.330 e. The average molecular weight is 1160 g/mol. The van der Waals surface area contributed by atoms with Crippen LogP contribution in [0.25, 0.3) is 0 Å². The molecule has 1 spiro atoms. The van der Waals surface area contributed by atoms with Gasteiger partial charge in [0, 0.05) is 53.0 Å². The Morgan fingerprint density at radius 2 is 0.797 bits per heavy atom. The van der Waals surface area contributed by atoms with Crippen LogP contribution in [0.5, 0.6) is 0 Å². The van der Waals surface area contributed by atoms with Gasteiger partial charge in [0.25, 0.3) is 16.7 Å². The number of rotatable bonds is 11. The zero-order chi connectivity index (χ0) is 60.4. The Kier molecular flexibility index (Phi) is 18.7. The molecule has 21 nitrogen and oxygen atoms in total. The molecule has 4 aliphatic heterocycles. The van der Waals surface area contributed by atoms with Gasteiger partial charge in [-0.15, -0.1) is 12.8 Å². The number of epoxide rings is 1. The van der Waals surface area contributed by atoms with E-state index < -0.39 is 114 Å². The maximum absolute atomic E-state index is 12.3. The van der Waals surface area contributed by atoms with Crippen LogP contribution in [0.2, 0.25) is 54.4 Å². The fourth-order valence-corrected chi connectivity index (χ4v) is 13.2. The van der Waals surface area contributed by atoms with Gasteiger partial charge in [-0.1, -0.05) is 94.9 Å². The Morgan fingerprint density at radius 1 is 0.544 bits per heavy atom. The minimum atomic E-state index is -2.23. The second-order valence-corrected chi connectivity index (χ2v) is 40.7. The highest BCUT2D eigenvalue weighted by molar-refractivity contribution is 6.75. The van der Waals surface area contributed by atoms with Crippen molar-refractivity contribution < 1.29 is 42.4 Å². The largest absolute Gasteiger partial charge is 0.409 e. The van der Waals surface area contributed by atoms with Crippen molar-refractivity contribution in [3.8, 4) is 24.7 Å². The van der Waals surface area contributed by atoms with Gasteiger partial charge >= 0.3 is 17.1 Å². The van der Waals surface area contributed by atoms with E-state index in [2.05, 4.69) is 128 Å². The van der Waals surface area contributed by atoms with Gasteiger partial charge in [-0.25, -0.2) is 14.4 Å². The summed E-state index contributed by atoms with van der Waals surface area (Å²) in [7, 11) is -6.49. The van der Waals surface area contributed by atoms with Gasteiger partial charge in [0.05, 0.1) is 25.4 Å². The van der Waals surface area contributed by atoms with Crippen LogP contribution in [-0.4, -0.2) is 119 Å². The molecule has 12 atom stereocenters. The molecule has 0 amide bonds. The molecule has 4 fully saturated rings. The van der Waals surface area contributed by atoms with Crippen molar-refractivity contribution in [1.82, 2.24) is 28.7 Å². The van der Waals surface area contributed by atoms with Crippen molar-refractivity contribution >= 4 is 25.0 Å². The fraction of sp³-hybridized carbons (Fsp3) is 0.709. The molecule has 4 aliphatic rings. The molecule has 0 radical (unpaired) electrons. The van der Waals surface area contributed by atoms with Crippen molar-refractivity contribution in [1.29, 1.82) is 0 Å². The lowest BCUT2D eigenvalue weighted by atomic mass is 9.92. The summed E-state index contributed by atoms with van der Waals surface area (Å²) in [4.78, 5) is 78.9. The molecule has 7 rings (SSSR count). The summed E-state index contributed by atoms with van der Waals surface area (Å²) in [5.41, 5.74) is -4.39. The number of hydrogen-bond donors (Lipinski definition) is 5. The molecule has 3 aromatic rings. The molecule has 24 heteroatoms. The summed E-state index contributed by atoms with van der Waals surface area (Å²) in [5, 5.41) is 20.1. The molecule has 440 valence electrons. The van der Waals surface area contributed by atoms with E-state index >= 15 is 0 Å². The Labute approximate surface area is 466 Å². The van der Waals surface area contributed by atoms with E-state index in [-0.39, 0.29) is 44.5 Å². The van der Waals surface area contributed by atoms with Gasteiger partial charge < -0.3 is 42.4 Å². The van der Waals surface area contributed by atoms with E-state index in [1.165, 1.54) is 26.1 Å². The number of H-pyrrole nitrogens is 3. The third kappa shape index (κ3) is 12.8. The summed E-state index contributed by atoms with van der Waals surface area (Å²) in [6.45, 7) is 42.3. The third-order valence-electron chi connectivity index (χ3n) is 17.4. The highest BCUT2D eigenvalue weighted by Gasteiger charge is 2.66. The van der Waals surface area contributed by atoms with Crippen molar-refractivity contribution in [3.05, 3.63) is 97.8 Å². The van der Waals surface area contributed by atoms with E-state index in [0.29, 0.717) is 23.3 Å². The molecule has 0 bridgehead atoms. The summed E-state index contributed by atoms with van der Waals surface area (Å²) >= 11 is 0. The van der Waals surface area contributed by atoms with Crippen LogP contribution in [0.3, 0.4) is 0 Å². The summed E-state index contributed by atoms with van der Waals surface area (Å²) < 4.78 is 47.6. The number of terminal acetylenes is 2. The second-order valence-electron chi connectivity index (χ2n) is 26.4. The first kappa shape index (κ1) is 65.3. The van der Waals surface area contributed by atoms with Crippen LogP contribution >= 0.6 is 0 Å². The van der Waals surface area contributed by atoms with Gasteiger partial charge in [-0.2, -0.15) is 0 Å². The lowest BCUT2D eigenvalue weighted by Gasteiger charge is -2.42. The van der Waals surface area contributed by atoms with Crippen LogP contribution in [0.1, 0.15) is 118 Å². The quantitative estimate of drug-likeness (QED) is 0.0881. The summed E-state index contributed by atoms with van der Waals surface area (Å²) in [6, 6.07) is 0. The number of nitrogens with one attached hydrogen (secondary N) is 3. The molecular formula is C55H88N6O15Si3. The number of ether oxygens (including phenoxy) is 4. The maximum atomic E-state index is 12.3. The lowest BCUT2D eigenvalue weighted by Crippen LogP contribution is -2.53. The molecular weight excluding hydrogens is 1070 g/mol. The van der Waals surface area contributed by atoms with Crippen LogP contribution < -0.4 is 33.7 Å². The number of nitrogens with zero attached hydrogens (tertiary/aromatic N) is 3. The second kappa shape index (κ2) is 22.7. The van der Waals surface area contributed by atoms with E-state index in [9.17, 15) is 39.0 Å². The van der Waals surface area contributed by atoms with Crippen molar-refractivity contribution in [3.63, 3.8) is 0 Å². The molecule has 5 N–H and O–H groups in total. The van der Waals surface area contributed by atoms with Crippen LogP contribution in [0.15, 0.2) is 47.4 Å². The first-order valence-electron chi connectivity index (χ1n) is 26.8. The molecule has 3 aromatic heterocycles. The number of aliphatic hydroxyl groups excluding tert-OH is 2. The van der Waals surface area contributed by atoms with E-state index in [1.807, 2.05) is 20.8 Å². The Hall–Kier alpha value is -4.55. The molecule has 0 saturated carbocycles. The van der Waals surface area contributed by atoms with Crippen LogP contribution in [0.4, 0.5) is 0 Å². The molecule has 12 unspecified atom stereocenters. The predicted octanol–water partition coefficient (Wildman–Crippen LogP) is 5.66. The zero-order valence-corrected chi connectivity index (χ0v) is 53.2. The highest BCUT2D eigenvalue weighted by Crippen LogP contribution is 2.53. The molecule has 0 aromatic carbocycles. The van der Waals surface area contributed by atoms with Crippen LogP contribution in [-0.2, 0) is 32.2 Å². The monoisotopic (exact) mass is 1160 g/mol. The summed E-state index contributed by atoms with van der Waals surface area (Å²) in [6.07, 6.45) is 12.5. The molecule has 0 aliphatic carbocycles. The maximum Gasteiger partial charge on any atom is 0.330 e. The number of hydrogen-bond acceptors (Lipinski definition) is 15. The lowest BCUT2D eigenvalue weighted by molar-refractivity contribution is -0.0962. The average Bonchev–Trinajstić information content (AvgIpc) is 3.98. The van der Waals surface area contributed by atoms with E-state index in [0.717, 1.165) is 0 Å². The third-order valence-corrected chi connectivity index (χ3v) is 30.8. The van der Waals surface area contributed by atoms with Gasteiger partial charge in [-0.05, 0) is 75.2 Å². The van der Waals surface area contributed by atoms with Gasteiger partial charge in [-0.3, -0.25) is 43.0 Å². The van der Waals surface area contributed by atoms with E-state index in [4.69, 9.17) is 45.1 Å². The fourth-order valence-electron chi connectivity index (χ4n) is 9.08. The molecule has 7 heterocycles. The SMILES string of the molecule is C#CC1(CO)OC(n2cc(C)c(=O)[nH]c2=O)C(C)C1O[Si](C)(C)C(C)(C)C.C#CC1(CO)OC(n2cc(C)c(=O)[nH]c2=O)C(C)C1O[Si](C)(C)C(C)(C)C.Cc1cn(C2OC3(CO3)C(O[Si](C)(C)C(C)(C)C)C2C)c(=O)[nH]c1=O. The number of aliphatic hydroxyl groups is 2. The minimum Gasteiger partial charge on any atom is -0.409 e. The number of aryl methyl sites for hydroxylation is 3. The topological polar surface area (TPSA) is 273 Å². The Balaban J connectivity index is 0.000000218. The highest BCUT2D eigenvalue weighted by atomic mass is 28.4. The number of aromatic amines is 3. The molecule has 79 heavy (non-hydrogen) atoms. The minimum absolute atomic E-state index is 0.0618. The Morgan fingerprint density at radius 3 is 1.04 bits per heavy atom. The van der Waals surface area contributed by atoms with Crippen molar-refractivity contribution in [2.24, 2.45) is 17.8 Å². The first-order valence-corrected chi connectivity index (χ1v) is 35.5. The van der Waals surface area contributed by atoms with Crippen LogP contribution in [0, 0.1) is 63.2 Å². The number of aromatic nitrogens is 6. The zero-order valence-electron chi connectivity index (χ0n) is 50.2. The van der Waals surface area contributed by atoms with Crippen molar-refractivity contribution in [2.45, 2.75) is 212 Å². The first-order chi connectivity index (χ1) is 36.0. The Bertz CT molecular complexity index is 3030. The van der Waals surface area contributed by atoms with Crippen molar-refractivity contribution in [2.75, 3.05) is 19.8 Å².